The Kier molecular flexibility index (Phi) is 6.98. The number of benzene rings is 1. The third-order valence-electron chi connectivity index (χ3n) is 2.58. The number of carbonyl (C=O) groups is 3. The third kappa shape index (κ3) is 7.44. The van der Waals surface area contributed by atoms with Gasteiger partial charge in [-0.3, -0.25) is 4.79 Å². The minimum Gasteiger partial charge on any atom is -0.464 e. The monoisotopic (exact) mass is 334 g/mol. The highest BCUT2D eigenvalue weighted by atomic mass is 16.6. The Morgan fingerprint density at radius 3 is 2.29 bits per heavy atom. The van der Waals surface area contributed by atoms with Crippen molar-refractivity contribution in [3.8, 4) is 0 Å². The van der Waals surface area contributed by atoms with Crippen LogP contribution in [0.3, 0.4) is 0 Å². The highest BCUT2D eigenvalue weighted by Crippen LogP contribution is 2.07. The third-order valence-corrected chi connectivity index (χ3v) is 2.58. The van der Waals surface area contributed by atoms with Crippen molar-refractivity contribution in [3.63, 3.8) is 0 Å². The SMILES string of the molecule is COC(=O)C(=Cc1ccccc1)NC(=O)CNC(=O)OC(C)(C)C. The molecule has 1 aromatic carbocycles. The molecule has 0 heterocycles. The van der Waals surface area contributed by atoms with E-state index in [2.05, 4.69) is 15.4 Å². The Labute approximate surface area is 141 Å². The van der Waals surface area contributed by atoms with Crippen LogP contribution in [0.15, 0.2) is 36.0 Å². The van der Waals surface area contributed by atoms with Crippen molar-refractivity contribution < 1.29 is 23.9 Å². The zero-order valence-electron chi connectivity index (χ0n) is 14.2. The van der Waals surface area contributed by atoms with Gasteiger partial charge in [-0.05, 0) is 32.4 Å². The lowest BCUT2D eigenvalue weighted by Crippen LogP contribution is -2.40. The molecule has 130 valence electrons. The first-order valence-corrected chi connectivity index (χ1v) is 7.33. The first-order valence-electron chi connectivity index (χ1n) is 7.33. The molecule has 1 rings (SSSR count). The summed E-state index contributed by atoms with van der Waals surface area (Å²) in [4.78, 5) is 35.2. The van der Waals surface area contributed by atoms with Crippen molar-refractivity contribution in [1.29, 1.82) is 0 Å². The number of nitrogens with one attached hydrogen (secondary N) is 2. The second-order valence-corrected chi connectivity index (χ2v) is 5.86. The lowest BCUT2D eigenvalue weighted by Gasteiger charge is -2.19. The molecule has 2 amide bonds. The highest BCUT2D eigenvalue weighted by molar-refractivity contribution is 5.98. The van der Waals surface area contributed by atoms with Crippen molar-refractivity contribution >= 4 is 24.0 Å². The molecule has 0 aliphatic rings. The van der Waals surface area contributed by atoms with E-state index >= 15 is 0 Å². The van der Waals surface area contributed by atoms with E-state index < -0.39 is 23.6 Å². The molecule has 0 radical (unpaired) electrons. The van der Waals surface area contributed by atoms with Gasteiger partial charge in [-0.2, -0.15) is 0 Å². The van der Waals surface area contributed by atoms with E-state index in [1.807, 2.05) is 6.07 Å². The summed E-state index contributed by atoms with van der Waals surface area (Å²) in [5, 5.41) is 4.72. The van der Waals surface area contributed by atoms with Crippen LogP contribution >= 0.6 is 0 Å². The Balaban J connectivity index is 2.67. The summed E-state index contributed by atoms with van der Waals surface area (Å²) in [6, 6.07) is 8.97. The van der Waals surface area contributed by atoms with Gasteiger partial charge in [-0.25, -0.2) is 9.59 Å². The van der Waals surface area contributed by atoms with E-state index in [9.17, 15) is 14.4 Å². The Hall–Kier alpha value is -2.83. The van der Waals surface area contributed by atoms with Crippen LogP contribution in [0.5, 0.6) is 0 Å². The molecule has 0 atom stereocenters. The normalized spacial score (nSPS) is 11.4. The molecule has 0 fully saturated rings. The molecular weight excluding hydrogens is 312 g/mol. The van der Waals surface area contributed by atoms with Crippen LogP contribution in [0.2, 0.25) is 0 Å². The molecule has 0 saturated carbocycles. The lowest BCUT2D eigenvalue weighted by molar-refractivity contribution is -0.137. The zero-order chi connectivity index (χ0) is 18.2. The maximum absolute atomic E-state index is 11.9. The molecule has 0 unspecified atom stereocenters. The summed E-state index contributed by atoms with van der Waals surface area (Å²) >= 11 is 0. The topological polar surface area (TPSA) is 93.7 Å². The van der Waals surface area contributed by atoms with E-state index in [1.165, 1.54) is 13.2 Å². The first kappa shape index (κ1) is 19.2. The van der Waals surface area contributed by atoms with Crippen molar-refractivity contribution in [2.24, 2.45) is 0 Å². The zero-order valence-corrected chi connectivity index (χ0v) is 14.2. The van der Waals surface area contributed by atoms with Gasteiger partial charge in [-0.1, -0.05) is 30.3 Å². The van der Waals surface area contributed by atoms with E-state index in [1.54, 1.807) is 45.0 Å². The van der Waals surface area contributed by atoms with Gasteiger partial charge < -0.3 is 20.1 Å². The lowest BCUT2D eigenvalue weighted by atomic mass is 10.2. The average molecular weight is 334 g/mol. The second kappa shape index (κ2) is 8.71. The van der Waals surface area contributed by atoms with Crippen LogP contribution in [-0.4, -0.2) is 37.2 Å². The van der Waals surface area contributed by atoms with Gasteiger partial charge in [-0.15, -0.1) is 0 Å². The van der Waals surface area contributed by atoms with E-state index in [4.69, 9.17) is 4.74 Å². The van der Waals surface area contributed by atoms with Gasteiger partial charge in [0.05, 0.1) is 7.11 Å². The van der Waals surface area contributed by atoms with Gasteiger partial charge in [0.15, 0.2) is 0 Å². The van der Waals surface area contributed by atoms with Gasteiger partial charge in [0, 0.05) is 0 Å². The molecule has 0 saturated heterocycles. The summed E-state index contributed by atoms with van der Waals surface area (Å²) in [5.74, 6) is -1.27. The molecule has 0 bridgehead atoms. The van der Waals surface area contributed by atoms with Gasteiger partial charge in [0.1, 0.15) is 17.8 Å². The predicted molar refractivity (Wildman–Crippen MR) is 88.8 cm³/mol. The van der Waals surface area contributed by atoms with Crippen molar-refractivity contribution in [1.82, 2.24) is 10.6 Å². The highest BCUT2D eigenvalue weighted by Gasteiger charge is 2.18. The fourth-order valence-corrected chi connectivity index (χ4v) is 1.63. The average Bonchev–Trinajstić information content (AvgIpc) is 2.51. The quantitative estimate of drug-likeness (QED) is 0.633. The van der Waals surface area contributed by atoms with Gasteiger partial charge >= 0.3 is 12.1 Å². The molecule has 7 nitrogen and oxygen atoms in total. The molecule has 7 heteroatoms. The summed E-state index contributed by atoms with van der Waals surface area (Å²) in [5.41, 5.74) is 0.0308. The largest absolute Gasteiger partial charge is 0.464 e. The van der Waals surface area contributed by atoms with Crippen LogP contribution in [0.4, 0.5) is 4.79 Å². The van der Waals surface area contributed by atoms with E-state index in [0.717, 1.165) is 5.56 Å². The number of amides is 2. The fourth-order valence-electron chi connectivity index (χ4n) is 1.63. The van der Waals surface area contributed by atoms with E-state index in [-0.39, 0.29) is 12.2 Å². The molecule has 1 aromatic rings. The minimum atomic E-state index is -0.718. The summed E-state index contributed by atoms with van der Waals surface area (Å²) in [6.07, 6.45) is 0.765. The standard InChI is InChI=1S/C17H22N2O5/c1-17(2,3)24-16(22)18-11-14(20)19-13(15(21)23-4)10-12-8-6-5-7-9-12/h5-10H,11H2,1-4H3,(H,18,22)(H,19,20). The molecule has 0 aromatic heterocycles. The molecule has 0 spiro atoms. The minimum absolute atomic E-state index is 0.0281. The van der Waals surface area contributed by atoms with Crippen LogP contribution in [0.25, 0.3) is 6.08 Å². The number of hydrogen-bond donors (Lipinski definition) is 2. The number of alkyl carbamates (subject to hydrolysis) is 1. The van der Waals surface area contributed by atoms with Crippen LogP contribution in [0, 0.1) is 0 Å². The van der Waals surface area contributed by atoms with Gasteiger partial charge in [0.2, 0.25) is 5.91 Å². The summed E-state index contributed by atoms with van der Waals surface area (Å²) in [6.45, 7) is 4.80. The van der Waals surface area contributed by atoms with Crippen molar-refractivity contribution in [2.75, 3.05) is 13.7 Å². The number of rotatable bonds is 5. The number of methoxy groups -OCH3 is 1. The molecule has 0 aliphatic carbocycles. The number of ether oxygens (including phenoxy) is 2. The van der Waals surface area contributed by atoms with Crippen LogP contribution in [-0.2, 0) is 19.1 Å². The first-order chi connectivity index (χ1) is 11.2. The van der Waals surface area contributed by atoms with Crippen molar-refractivity contribution in [2.45, 2.75) is 26.4 Å². The summed E-state index contributed by atoms with van der Waals surface area (Å²) < 4.78 is 9.66. The van der Waals surface area contributed by atoms with Gasteiger partial charge in [0.25, 0.3) is 0 Å². The Morgan fingerprint density at radius 2 is 1.75 bits per heavy atom. The molecule has 0 aliphatic heterocycles. The Morgan fingerprint density at radius 1 is 1.12 bits per heavy atom. The molecular formula is C17H22N2O5. The number of carbonyl (C=O) groups excluding carboxylic acids is 3. The number of hydrogen-bond acceptors (Lipinski definition) is 5. The predicted octanol–water partition coefficient (Wildman–Crippen LogP) is 1.84. The maximum atomic E-state index is 11.9. The summed E-state index contributed by atoms with van der Waals surface area (Å²) in [7, 11) is 1.21. The maximum Gasteiger partial charge on any atom is 0.408 e. The van der Waals surface area contributed by atoms with Crippen molar-refractivity contribution in [3.05, 3.63) is 41.6 Å². The molecule has 24 heavy (non-hydrogen) atoms. The number of esters is 1. The van der Waals surface area contributed by atoms with Crippen LogP contribution in [0.1, 0.15) is 26.3 Å². The Bertz CT molecular complexity index is 618. The second-order valence-electron chi connectivity index (χ2n) is 5.86. The van der Waals surface area contributed by atoms with Crippen LogP contribution < -0.4 is 10.6 Å². The fraction of sp³-hybridized carbons (Fsp3) is 0.353. The van der Waals surface area contributed by atoms with E-state index in [0.29, 0.717) is 0 Å². The smallest absolute Gasteiger partial charge is 0.408 e. The molecule has 2 N–H and O–H groups in total.